The van der Waals surface area contributed by atoms with Crippen LogP contribution in [0.15, 0.2) is 29.4 Å². The number of urea groups is 1. The quantitative estimate of drug-likeness (QED) is 0.165. The van der Waals surface area contributed by atoms with Gasteiger partial charge >= 0.3 is 6.03 Å². The van der Waals surface area contributed by atoms with Crippen LogP contribution in [-0.2, 0) is 4.79 Å². The molecule has 8 heteroatoms. The lowest BCUT2D eigenvalue weighted by Crippen LogP contribution is -2.35. The molecule has 0 spiro atoms. The van der Waals surface area contributed by atoms with Crippen molar-refractivity contribution in [2.45, 2.75) is 12.5 Å². The second-order valence-corrected chi connectivity index (χ2v) is 6.31. The number of nitrogens with zero attached hydrogens (tertiary/aromatic N) is 3. The summed E-state index contributed by atoms with van der Waals surface area (Å²) in [6.07, 6.45) is 1.01. The highest BCUT2D eigenvalue weighted by atomic mass is 16.4. The van der Waals surface area contributed by atoms with E-state index in [-0.39, 0.29) is 0 Å². The maximum atomic E-state index is 11.5. The number of nitrogens with one attached hydrogen (secondary N) is 2. The van der Waals surface area contributed by atoms with Crippen molar-refractivity contribution in [3.05, 3.63) is 35.4 Å². The number of amidine groups is 1. The highest BCUT2D eigenvalue weighted by molar-refractivity contribution is 6.05. The molecule has 0 aliphatic carbocycles. The molecule has 136 valence electrons. The largest absolute Gasteiger partial charge is 0.409 e. The van der Waals surface area contributed by atoms with Crippen LogP contribution in [0.2, 0.25) is 0 Å². The summed E-state index contributed by atoms with van der Waals surface area (Å²) in [5.74, 6) is 5.70. The van der Waals surface area contributed by atoms with Gasteiger partial charge in [0, 0.05) is 30.8 Å². The van der Waals surface area contributed by atoms with Crippen molar-refractivity contribution in [1.29, 1.82) is 0 Å². The number of amides is 3. The summed E-state index contributed by atoms with van der Waals surface area (Å²) in [6, 6.07) is 5.91. The molecule has 2 aliphatic heterocycles. The van der Waals surface area contributed by atoms with Gasteiger partial charge in [0.05, 0.1) is 0 Å². The fourth-order valence-electron chi connectivity index (χ4n) is 2.94. The molecule has 2 fully saturated rings. The molecule has 26 heavy (non-hydrogen) atoms. The summed E-state index contributed by atoms with van der Waals surface area (Å²) in [4.78, 5) is 26.9. The number of imide groups is 1. The summed E-state index contributed by atoms with van der Waals surface area (Å²) in [7, 11) is 2.08. The monoisotopic (exact) mass is 355 g/mol. The van der Waals surface area contributed by atoms with Crippen molar-refractivity contribution in [3.63, 3.8) is 0 Å². The fraction of sp³-hybridized carbons (Fsp3) is 0.389. The Balaban J connectivity index is 1.70. The van der Waals surface area contributed by atoms with E-state index >= 15 is 0 Å². The first-order chi connectivity index (χ1) is 12.6. The fourth-order valence-corrected chi connectivity index (χ4v) is 2.94. The van der Waals surface area contributed by atoms with Crippen LogP contribution in [0.25, 0.3) is 0 Å². The first-order valence-electron chi connectivity index (χ1n) is 8.45. The number of carbonyl (C=O) groups is 2. The molecular formula is C18H21N5O3. The molecule has 1 unspecified atom stereocenters. The van der Waals surface area contributed by atoms with Gasteiger partial charge in [-0.25, -0.2) is 4.79 Å². The molecule has 3 N–H and O–H groups in total. The Morgan fingerprint density at radius 3 is 2.62 bits per heavy atom. The minimum absolute atomic E-state index is 0.444. The zero-order valence-electron chi connectivity index (χ0n) is 14.5. The van der Waals surface area contributed by atoms with Crippen LogP contribution in [0, 0.1) is 11.8 Å². The molecule has 2 aliphatic rings. The van der Waals surface area contributed by atoms with E-state index in [0.717, 1.165) is 38.2 Å². The Kier molecular flexibility index (Phi) is 5.39. The zero-order valence-corrected chi connectivity index (χ0v) is 14.5. The van der Waals surface area contributed by atoms with Gasteiger partial charge in [0.2, 0.25) is 0 Å². The second-order valence-electron chi connectivity index (χ2n) is 6.31. The van der Waals surface area contributed by atoms with E-state index in [1.54, 1.807) is 12.1 Å². The lowest BCUT2D eigenvalue weighted by Gasteiger charge is -2.23. The van der Waals surface area contributed by atoms with Gasteiger partial charge in [-0.2, -0.15) is 0 Å². The Bertz CT molecular complexity index is 778. The Labute approximate surface area is 151 Å². The molecule has 0 saturated carbocycles. The maximum absolute atomic E-state index is 11.5. The summed E-state index contributed by atoms with van der Waals surface area (Å²) >= 11 is 0. The average Bonchev–Trinajstić information content (AvgIpc) is 2.81. The van der Waals surface area contributed by atoms with Crippen molar-refractivity contribution >= 4 is 17.8 Å². The first kappa shape index (κ1) is 17.8. The highest BCUT2D eigenvalue weighted by Gasteiger charge is 2.27. The van der Waals surface area contributed by atoms with E-state index in [0.29, 0.717) is 11.4 Å². The van der Waals surface area contributed by atoms with Crippen LogP contribution in [0.5, 0.6) is 0 Å². The van der Waals surface area contributed by atoms with Crippen LogP contribution in [-0.4, -0.2) is 72.0 Å². The topological polar surface area (TPSA) is 97.3 Å². The van der Waals surface area contributed by atoms with Crippen LogP contribution in [0.1, 0.15) is 17.5 Å². The van der Waals surface area contributed by atoms with Gasteiger partial charge in [-0.15, -0.1) is 0 Å². The summed E-state index contributed by atoms with van der Waals surface area (Å²) in [5.41, 5.74) is 1.50. The predicted molar refractivity (Wildman–Crippen MR) is 95.8 cm³/mol. The number of hydrogen-bond acceptors (Lipinski definition) is 5. The van der Waals surface area contributed by atoms with E-state index in [2.05, 4.69) is 44.5 Å². The van der Waals surface area contributed by atoms with Crippen molar-refractivity contribution in [1.82, 2.24) is 20.4 Å². The van der Waals surface area contributed by atoms with Crippen LogP contribution in [0.4, 0.5) is 4.79 Å². The lowest BCUT2D eigenvalue weighted by atomic mass is 10.1. The van der Waals surface area contributed by atoms with E-state index in [1.807, 2.05) is 12.1 Å². The Morgan fingerprint density at radius 1 is 1.19 bits per heavy atom. The summed E-state index contributed by atoms with van der Waals surface area (Å²) in [5, 5.41) is 17.5. The second kappa shape index (κ2) is 7.89. The molecule has 1 aromatic carbocycles. The molecule has 3 rings (SSSR count). The minimum atomic E-state index is -0.828. The number of oxime groups is 1. The molecule has 0 bridgehead atoms. The van der Waals surface area contributed by atoms with Crippen LogP contribution < -0.4 is 10.6 Å². The van der Waals surface area contributed by atoms with Gasteiger partial charge in [-0.05, 0) is 44.3 Å². The highest BCUT2D eigenvalue weighted by Crippen LogP contribution is 2.11. The van der Waals surface area contributed by atoms with Crippen LogP contribution in [0.3, 0.4) is 0 Å². The number of likely N-dealkylation sites (N-methyl/N-ethyl adjacent to an activating group) is 1. The molecule has 3 amide bonds. The number of hydrogen-bond donors (Lipinski definition) is 3. The van der Waals surface area contributed by atoms with Crippen molar-refractivity contribution in [2.75, 3.05) is 33.2 Å². The summed E-state index contributed by atoms with van der Waals surface area (Å²) < 4.78 is 0. The molecule has 0 radical (unpaired) electrons. The molecule has 8 nitrogen and oxygen atoms in total. The SMILES string of the molecule is CN1CCCN(/C(=N\O)c2ccc(C#CC3NC(=O)NC3=O)cc2)CC1. The van der Waals surface area contributed by atoms with E-state index < -0.39 is 18.0 Å². The number of carbonyl (C=O) groups excluding carboxylic acids is 2. The average molecular weight is 355 g/mol. The molecule has 0 aromatic heterocycles. The first-order valence-corrected chi connectivity index (χ1v) is 8.45. The standard InChI is InChI=1S/C18H21N5O3/c1-22-9-2-10-23(12-11-22)16(21-26)14-6-3-13(4-7-14)5-8-15-17(24)20-18(25)19-15/h3-4,6-7,15,26H,2,9-12H2,1H3,(H2,19,20,24,25)/b21-16-. The van der Waals surface area contributed by atoms with Gasteiger partial charge in [0.1, 0.15) is 0 Å². The maximum Gasteiger partial charge on any atom is 0.322 e. The Hall–Kier alpha value is -3.05. The van der Waals surface area contributed by atoms with Gasteiger partial charge in [0.15, 0.2) is 11.9 Å². The lowest BCUT2D eigenvalue weighted by molar-refractivity contribution is -0.119. The van der Waals surface area contributed by atoms with Crippen LogP contribution >= 0.6 is 0 Å². The molecule has 2 heterocycles. The third-order valence-corrected chi connectivity index (χ3v) is 4.39. The van der Waals surface area contributed by atoms with Gasteiger partial charge < -0.3 is 20.3 Å². The normalized spacial score (nSPS) is 21.5. The number of benzene rings is 1. The predicted octanol–water partition coefficient (Wildman–Crippen LogP) is 0.0194. The third kappa shape index (κ3) is 4.13. The van der Waals surface area contributed by atoms with Crippen molar-refractivity contribution in [3.8, 4) is 11.8 Å². The van der Waals surface area contributed by atoms with Crippen molar-refractivity contribution in [2.24, 2.45) is 5.16 Å². The minimum Gasteiger partial charge on any atom is -0.409 e. The van der Waals surface area contributed by atoms with E-state index in [4.69, 9.17) is 0 Å². The Morgan fingerprint density at radius 2 is 1.96 bits per heavy atom. The van der Waals surface area contributed by atoms with Crippen molar-refractivity contribution < 1.29 is 14.8 Å². The molecule has 1 atom stereocenters. The van der Waals surface area contributed by atoms with Gasteiger partial charge in [-0.3, -0.25) is 10.1 Å². The van der Waals surface area contributed by atoms with Gasteiger partial charge in [-0.1, -0.05) is 17.0 Å². The summed E-state index contributed by atoms with van der Waals surface area (Å²) in [6.45, 7) is 3.57. The zero-order chi connectivity index (χ0) is 18.5. The van der Waals surface area contributed by atoms with Gasteiger partial charge in [0.25, 0.3) is 5.91 Å². The number of rotatable bonds is 1. The smallest absolute Gasteiger partial charge is 0.322 e. The third-order valence-electron chi connectivity index (χ3n) is 4.39. The molecule has 1 aromatic rings. The molecule has 2 saturated heterocycles. The van der Waals surface area contributed by atoms with E-state index in [9.17, 15) is 14.8 Å². The molecular weight excluding hydrogens is 334 g/mol. The van der Waals surface area contributed by atoms with E-state index in [1.165, 1.54) is 0 Å².